The van der Waals surface area contributed by atoms with Crippen molar-refractivity contribution in [3.05, 3.63) is 22.7 Å². The first-order valence-corrected chi connectivity index (χ1v) is 7.89. The Morgan fingerprint density at radius 3 is 2.68 bits per heavy atom. The molecule has 2 rings (SSSR count). The second kappa shape index (κ2) is 5.10. The van der Waals surface area contributed by atoms with Gasteiger partial charge in [0.25, 0.3) is 0 Å². The zero-order valence-corrected chi connectivity index (χ0v) is 12.6. The number of carbonyl (C=O) groups excluding carboxylic acids is 1. The van der Waals surface area contributed by atoms with Crippen molar-refractivity contribution in [3.63, 3.8) is 0 Å². The first-order valence-electron chi connectivity index (χ1n) is 5.49. The molecule has 1 aromatic carbocycles. The molecule has 1 heterocycles. The number of sulfonamides is 1. The van der Waals surface area contributed by atoms with Gasteiger partial charge in [0, 0.05) is 13.0 Å². The summed E-state index contributed by atoms with van der Waals surface area (Å²) < 4.78 is 28.4. The van der Waals surface area contributed by atoms with E-state index in [4.69, 9.17) is 9.88 Å². The van der Waals surface area contributed by atoms with E-state index in [0.717, 1.165) is 0 Å². The van der Waals surface area contributed by atoms with Gasteiger partial charge in [-0.15, -0.1) is 0 Å². The van der Waals surface area contributed by atoms with Crippen LogP contribution in [0.1, 0.15) is 6.42 Å². The van der Waals surface area contributed by atoms with Gasteiger partial charge in [0.2, 0.25) is 15.9 Å². The first-order chi connectivity index (χ1) is 8.84. The fourth-order valence-electron chi connectivity index (χ4n) is 1.99. The van der Waals surface area contributed by atoms with Crippen molar-refractivity contribution in [2.75, 3.05) is 18.6 Å². The molecule has 0 radical (unpaired) electrons. The van der Waals surface area contributed by atoms with Crippen LogP contribution in [0.4, 0.5) is 5.69 Å². The Balaban J connectivity index is 2.36. The van der Waals surface area contributed by atoms with Gasteiger partial charge in [-0.25, -0.2) is 13.6 Å². The van der Waals surface area contributed by atoms with Crippen molar-refractivity contribution >= 4 is 37.5 Å². The molecule has 1 unspecified atom stereocenters. The molecule has 1 aliphatic heterocycles. The lowest BCUT2D eigenvalue weighted by Gasteiger charge is -2.19. The Hall–Kier alpha value is -1.12. The largest absolute Gasteiger partial charge is 0.495 e. The summed E-state index contributed by atoms with van der Waals surface area (Å²) >= 11 is 3.35. The quantitative estimate of drug-likeness (QED) is 0.876. The van der Waals surface area contributed by atoms with Gasteiger partial charge in [-0.05, 0) is 28.1 Å². The predicted molar refractivity (Wildman–Crippen MR) is 74.6 cm³/mol. The Morgan fingerprint density at radius 1 is 1.47 bits per heavy atom. The van der Waals surface area contributed by atoms with E-state index in [1.54, 1.807) is 18.2 Å². The van der Waals surface area contributed by atoms with Crippen LogP contribution in [0.15, 0.2) is 22.7 Å². The molecular formula is C11H13BrN2O4S. The topological polar surface area (TPSA) is 89.7 Å². The third-order valence-corrected chi connectivity index (χ3v) is 5.05. The van der Waals surface area contributed by atoms with Crippen LogP contribution in [0.2, 0.25) is 0 Å². The summed E-state index contributed by atoms with van der Waals surface area (Å²) in [6, 6.07) is 5.19. The zero-order valence-electron chi connectivity index (χ0n) is 10.2. The zero-order chi connectivity index (χ0) is 14.2. The van der Waals surface area contributed by atoms with Crippen molar-refractivity contribution in [1.82, 2.24) is 0 Å². The van der Waals surface area contributed by atoms with E-state index in [9.17, 15) is 13.2 Å². The Labute approximate surface area is 119 Å². The fourth-order valence-corrected chi connectivity index (χ4v) is 3.37. The number of nitrogens with zero attached hydrogens (tertiary/aromatic N) is 1. The van der Waals surface area contributed by atoms with Crippen molar-refractivity contribution in [2.45, 2.75) is 11.7 Å². The molecule has 1 amide bonds. The minimum absolute atomic E-state index is 0.0590. The van der Waals surface area contributed by atoms with Crippen molar-refractivity contribution in [3.8, 4) is 5.75 Å². The molecule has 0 aromatic heterocycles. The number of amides is 1. The minimum Gasteiger partial charge on any atom is -0.495 e. The summed E-state index contributed by atoms with van der Waals surface area (Å²) in [4.78, 5) is 13.3. The first kappa shape index (κ1) is 14.3. The highest BCUT2D eigenvalue weighted by atomic mass is 79.9. The van der Waals surface area contributed by atoms with Gasteiger partial charge in [-0.3, -0.25) is 4.79 Å². The number of methoxy groups -OCH3 is 1. The highest BCUT2D eigenvalue weighted by molar-refractivity contribution is 9.10. The summed E-state index contributed by atoms with van der Waals surface area (Å²) in [5, 5.41) is 4.23. The number of rotatable bonds is 3. The summed E-state index contributed by atoms with van der Waals surface area (Å²) in [6.07, 6.45) is -0.0948. The molecule has 19 heavy (non-hydrogen) atoms. The maximum atomic E-state index is 11.9. The second-order valence-electron chi connectivity index (χ2n) is 4.21. The van der Waals surface area contributed by atoms with Crippen LogP contribution in [-0.2, 0) is 14.8 Å². The van der Waals surface area contributed by atoms with Crippen molar-refractivity contribution < 1.29 is 17.9 Å². The lowest BCUT2D eigenvalue weighted by atomic mass is 10.3. The molecule has 0 bridgehead atoms. The SMILES string of the molecule is COc1cccc(N2CC(S(N)(=O)=O)CC2=O)c1Br. The lowest BCUT2D eigenvalue weighted by molar-refractivity contribution is -0.117. The van der Waals surface area contributed by atoms with E-state index in [1.165, 1.54) is 12.0 Å². The highest BCUT2D eigenvalue weighted by Gasteiger charge is 2.38. The summed E-state index contributed by atoms with van der Waals surface area (Å²) in [7, 11) is -2.20. The number of ether oxygens (including phenoxy) is 1. The minimum atomic E-state index is -3.71. The van der Waals surface area contributed by atoms with Gasteiger partial charge in [0.1, 0.15) is 11.0 Å². The highest BCUT2D eigenvalue weighted by Crippen LogP contribution is 2.37. The average molecular weight is 349 g/mol. The van der Waals surface area contributed by atoms with Crippen LogP contribution in [0.5, 0.6) is 5.75 Å². The second-order valence-corrected chi connectivity index (χ2v) is 6.85. The number of carbonyl (C=O) groups is 1. The molecule has 104 valence electrons. The van der Waals surface area contributed by atoms with Crippen molar-refractivity contribution in [1.29, 1.82) is 0 Å². The van der Waals surface area contributed by atoms with E-state index in [-0.39, 0.29) is 18.9 Å². The molecule has 0 saturated carbocycles. The Bertz CT molecular complexity index is 617. The Morgan fingerprint density at radius 2 is 2.16 bits per heavy atom. The predicted octanol–water partition coefficient (Wildman–Crippen LogP) is 0.852. The van der Waals surface area contributed by atoms with Crippen LogP contribution in [0.3, 0.4) is 0 Å². The third-order valence-electron chi connectivity index (χ3n) is 3.01. The monoisotopic (exact) mass is 348 g/mol. The molecule has 1 aromatic rings. The van der Waals surface area contributed by atoms with Crippen LogP contribution >= 0.6 is 15.9 Å². The van der Waals surface area contributed by atoms with Gasteiger partial charge in [0.05, 0.1) is 17.3 Å². The van der Waals surface area contributed by atoms with Gasteiger partial charge < -0.3 is 9.64 Å². The van der Waals surface area contributed by atoms with Gasteiger partial charge >= 0.3 is 0 Å². The number of benzene rings is 1. The number of primary sulfonamides is 1. The van der Waals surface area contributed by atoms with Crippen molar-refractivity contribution in [2.24, 2.45) is 5.14 Å². The molecule has 6 nitrogen and oxygen atoms in total. The van der Waals surface area contributed by atoms with Gasteiger partial charge in [-0.1, -0.05) is 6.07 Å². The van der Waals surface area contributed by atoms with Gasteiger partial charge in [0.15, 0.2) is 0 Å². The van der Waals surface area contributed by atoms with Gasteiger partial charge in [-0.2, -0.15) is 0 Å². The van der Waals surface area contributed by atoms with Crippen LogP contribution in [0.25, 0.3) is 0 Å². The molecule has 1 saturated heterocycles. The number of hydrogen-bond donors (Lipinski definition) is 1. The molecule has 8 heteroatoms. The Kier molecular flexibility index (Phi) is 3.84. The molecule has 0 spiro atoms. The van der Waals surface area contributed by atoms with Crippen LogP contribution < -0.4 is 14.8 Å². The van der Waals surface area contributed by atoms with E-state index >= 15 is 0 Å². The van der Waals surface area contributed by atoms with E-state index < -0.39 is 15.3 Å². The normalized spacial score (nSPS) is 19.8. The molecule has 0 aliphatic carbocycles. The maximum Gasteiger partial charge on any atom is 0.228 e. The van der Waals surface area contributed by atoms with Crippen LogP contribution in [0, 0.1) is 0 Å². The fraction of sp³-hybridized carbons (Fsp3) is 0.364. The number of hydrogen-bond acceptors (Lipinski definition) is 4. The van der Waals surface area contributed by atoms with E-state index in [0.29, 0.717) is 15.9 Å². The third kappa shape index (κ3) is 2.75. The number of anilines is 1. The molecule has 2 N–H and O–H groups in total. The number of halogens is 1. The van der Waals surface area contributed by atoms with E-state index in [1.807, 2.05) is 0 Å². The van der Waals surface area contributed by atoms with Crippen LogP contribution in [-0.4, -0.2) is 33.2 Å². The summed E-state index contributed by atoms with van der Waals surface area (Å²) in [5.41, 5.74) is 0.579. The summed E-state index contributed by atoms with van der Waals surface area (Å²) in [6.45, 7) is 0.0590. The number of nitrogens with two attached hydrogens (primary N) is 1. The molecule has 1 atom stereocenters. The smallest absolute Gasteiger partial charge is 0.228 e. The molecule has 1 aliphatic rings. The lowest BCUT2D eigenvalue weighted by Crippen LogP contribution is -2.32. The molecular weight excluding hydrogens is 336 g/mol. The average Bonchev–Trinajstić information content (AvgIpc) is 2.71. The standard InChI is InChI=1S/C11H13BrN2O4S/c1-18-9-4-2-3-8(11(9)12)14-6-7(5-10(14)15)19(13,16)17/h2-4,7H,5-6H2,1H3,(H2,13,16,17). The molecule has 1 fully saturated rings. The van der Waals surface area contributed by atoms with E-state index in [2.05, 4.69) is 15.9 Å². The summed E-state index contributed by atoms with van der Waals surface area (Å²) in [5.74, 6) is 0.303. The maximum absolute atomic E-state index is 11.9.